The van der Waals surface area contributed by atoms with Crippen molar-refractivity contribution >= 4 is 5.97 Å². The molecule has 1 aromatic carbocycles. The Kier molecular flexibility index (Phi) is 4.19. The van der Waals surface area contributed by atoms with Gasteiger partial charge in [0.1, 0.15) is 13.2 Å². The summed E-state index contributed by atoms with van der Waals surface area (Å²) >= 11 is 0. The summed E-state index contributed by atoms with van der Waals surface area (Å²) in [5.41, 5.74) is 3.42. The number of aliphatic hydroxyl groups excluding tert-OH is 1. The maximum Gasteiger partial charge on any atom is 0.335 e. The van der Waals surface area contributed by atoms with E-state index < -0.39 is 11.9 Å². The summed E-state index contributed by atoms with van der Waals surface area (Å²) in [6.07, 6.45) is 0.441. The normalized spacial score (nSPS) is 18.0. The van der Waals surface area contributed by atoms with Gasteiger partial charge in [0.25, 0.3) is 0 Å². The summed E-state index contributed by atoms with van der Waals surface area (Å²) in [5.74, 6) is -0.0675. The number of aromatic hydroxyl groups is 1. The molecule has 27 heavy (non-hydrogen) atoms. The largest absolute Gasteiger partial charge is 0.504 e. The summed E-state index contributed by atoms with van der Waals surface area (Å²) in [7, 11) is 2.96. The van der Waals surface area contributed by atoms with Crippen molar-refractivity contribution in [3.8, 4) is 17.4 Å². The lowest BCUT2D eigenvalue weighted by atomic mass is 9.78. The monoisotopic (exact) mass is 370 g/mol. The van der Waals surface area contributed by atoms with Gasteiger partial charge in [0.05, 0.1) is 31.4 Å². The summed E-state index contributed by atoms with van der Waals surface area (Å²) < 4.78 is 15.9. The lowest BCUT2D eigenvalue weighted by molar-refractivity contribution is -0.136. The predicted molar refractivity (Wildman–Crippen MR) is 92.7 cm³/mol. The molecule has 0 saturated carbocycles. The number of rotatable bonds is 4. The Hall–Kier alpha value is -3.13. The van der Waals surface area contributed by atoms with Crippen LogP contribution in [0.4, 0.5) is 0 Å². The Morgan fingerprint density at radius 2 is 2.07 bits per heavy atom. The van der Waals surface area contributed by atoms with Gasteiger partial charge in [0.15, 0.2) is 17.3 Å². The number of hydrogen-bond acceptors (Lipinski definition) is 8. The second kappa shape index (κ2) is 6.55. The average Bonchev–Trinajstić information content (AvgIpc) is 3.06. The van der Waals surface area contributed by atoms with Gasteiger partial charge in [-0.25, -0.2) is 9.78 Å². The number of hydrogen-bond donors (Lipinski definition) is 2. The minimum absolute atomic E-state index is 0.00296. The highest BCUT2D eigenvalue weighted by Gasteiger charge is 2.41. The number of carbonyl (C=O) groups is 1. The fourth-order valence-corrected chi connectivity index (χ4v) is 3.64. The molecule has 8 heteroatoms. The first kappa shape index (κ1) is 17.3. The van der Waals surface area contributed by atoms with Gasteiger partial charge in [-0.15, -0.1) is 0 Å². The van der Waals surface area contributed by atoms with E-state index in [0.29, 0.717) is 29.1 Å². The number of cyclic esters (lactones) is 1. The van der Waals surface area contributed by atoms with E-state index in [0.717, 1.165) is 11.1 Å². The van der Waals surface area contributed by atoms with E-state index in [1.54, 1.807) is 12.1 Å². The number of fused-ring (bicyclic) bond motifs is 1. The van der Waals surface area contributed by atoms with Gasteiger partial charge < -0.3 is 24.4 Å². The molecule has 0 spiro atoms. The number of aromatic nitrogens is 2. The Labute approximate surface area is 155 Å². The molecular formula is C19H18N2O6. The minimum Gasteiger partial charge on any atom is -0.504 e. The van der Waals surface area contributed by atoms with Crippen LogP contribution in [-0.4, -0.2) is 47.0 Å². The molecule has 1 aliphatic carbocycles. The van der Waals surface area contributed by atoms with E-state index in [1.807, 2.05) is 0 Å². The van der Waals surface area contributed by atoms with Crippen molar-refractivity contribution in [2.24, 2.45) is 0 Å². The maximum atomic E-state index is 12.4. The number of carbonyl (C=O) groups excluding carboxylic acids is 1. The van der Waals surface area contributed by atoms with Crippen LogP contribution >= 0.6 is 0 Å². The summed E-state index contributed by atoms with van der Waals surface area (Å²) in [6, 6.07) is 4.88. The molecule has 1 aromatic heterocycles. The van der Waals surface area contributed by atoms with Crippen molar-refractivity contribution in [3.05, 3.63) is 52.0 Å². The van der Waals surface area contributed by atoms with Crippen molar-refractivity contribution in [3.63, 3.8) is 0 Å². The first-order valence-corrected chi connectivity index (χ1v) is 8.37. The van der Waals surface area contributed by atoms with Crippen molar-refractivity contribution < 1.29 is 29.2 Å². The summed E-state index contributed by atoms with van der Waals surface area (Å²) in [5, 5.41) is 19.5. The second-order valence-electron chi connectivity index (χ2n) is 6.31. The number of benzene rings is 1. The molecule has 2 aromatic rings. The van der Waals surface area contributed by atoms with Crippen LogP contribution in [0.2, 0.25) is 0 Å². The van der Waals surface area contributed by atoms with E-state index in [-0.39, 0.29) is 30.5 Å². The van der Waals surface area contributed by atoms with Gasteiger partial charge >= 0.3 is 5.97 Å². The number of nitrogens with zero attached hydrogens (tertiary/aromatic N) is 2. The van der Waals surface area contributed by atoms with Crippen LogP contribution in [0.25, 0.3) is 0 Å². The number of esters is 1. The molecule has 2 heterocycles. The Balaban J connectivity index is 1.97. The number of phenolic OH excluding ortho intramolecular Hbond substituents is 1. The van der Waals surface area contributed by atoms with E-state index >= 15 is 0 Å². The molecule has 0 bridgehead atoms. The van der Waals surface area contributed by atoms with Crippen LogP contribution in [0, 0.1) is 0 Å². The van der Waals surface area contributed by atoms with Gasteiger partial charge in [0.2, 0.25) is 5.88 Å². The van der Waals surface area contributed by atoms with Crippen molar-refractivity contribution in [1.82, 2.24) is 9.97 Å². The molecular weight excluding hydrogens is 352 g/mol. The topological polar surface area (TPSA) is 111 Å². The standard InChI is InChI=1S/C19H18N2O6/c1-25-13-6-9(3-4-12(13)23)15-16-10(8-27-19(16)24)5-11-17(15)20-14(7-22)21-18(11)26-2/h3-4,6,15,22-23H,5,7-8H2,1-2H3. The molecule has 0 fully saturated rings. The van der Waals surface area contributed by atoms with E-state index in [9.17, 15) is 15.0 Å². The number of aliphatic hydroxyl groups is 1. The molecule has 1 atom stereocenters. The highest BCUT2D eigenvalue weighted by atomic mass is 16.5. The lowest BCUT2D eigenvalue weighted by Gasteiger charge is -2.26. The first-order chi connectivity index (χ1) is 13.1. The van der Waals surface area contributed by atoms with Gasteiger partial charge in [-0.2, -0.15) is 4.98 Å². The van der Waals surface area contributed by atoms with E-state index in [2.05, 4.69) is 9.97 Å². The quantitative estimate of drug-likeness (QED) is 0.773. The molecule has 2 N–H and O–H groups in total. The number of ether oxygens (including phenoxy) is 3. The predicted octanol–water partition coefficient (Wildman–Crippen LogP) is 1.23. The molecule has 1 unspecified atom stereocenters. The molecule has 0 radical (unpaired) electrons. The van der Waals surface area contributed by atoms with Crippen LogP contribution in [-0.2, 0) is 22.6 Å². The molecule has 0 saturated heterocycles. The molecule has 2 aliphatic rings. The smallest absolute Gasteiger partial charge is 0.335 e. The second-order valence-corrected chi connectivity index (χ2v) is 6.31. The third-order valence-corrected chi connectivity index (χ3v) is 4.85. The van der Waals surface area contributed by atoms with Crippen LogP contribution in [0.5, 0.6) is 17.4 Å². The van der Waals surface area contributed by atoms with Crippen LogP contribution < -0.4 is 9.47 Å². The van der Waals surface area contributed by atoms with Crippen molar-refractivity contribution in [1.29, 1.82) is 0 Å². The molecule has 140 valence electrons. The van der Waals surface area contributed by atoms with Crippen molar-refractivity contribution in [2.45, 2.75) is 18.9 Å². The molecule has 0 amide bonds. The van der Waals surface area contributed by atoms with Crippen molar-refractivity contribution in [2.75, 3.05) is 20.8 Å². The maximum absolute atomic E-state index is 12.4. The molecule has 8 nitrogen and oxygen atoms in total. The fourth-order valence-electron chi connectivity index (χ4n) is 3.64. The summed E-state index contributed by atoms with van der Waals surface area (Å²) in [6.45, 7) is -0.143. The first-order valence-electron chi connectivity index (χ1n) is 8.37. The van der Waals surface area contributed by atoms with Gasteiger partial charge in [-0.1, -0.05) is 6.07 Å². The zero-order valence-corrected chi connectivity index (χ0v) is 14.9. The highest BCUT2D eigenvalue weighted by Crippen LogP contribution is 2.46. The third-order valence-electron chi connectivity index (χ3n) is 4.85. The Bertz CT molecular complexity index is 969. The zero-order chi connectivity index (χ0) is 19.1. The molecule has 4 rings (SSSR count). The van der Waals surface area contributed by atoms with Gasteiger partial charge in [0, 0.05) is 12.0 Å². The molecule has 1 aliphatic heterocycles. The van der Waals surface area contributed by atoms with Crippen LogP contribution in [0.1, 0.15) is 28.6 Å². The van der Waals surface area contributed by atoms with Gasteiger partial charge in [-0.3, -0.25) is 0 Å². The number of methoxy groups -OCH3 is 2. The fraction of sp³-hybridized carbons (Fsp3) is 0.316. The van der Waals surface area contributed by atoms with E-state index in [4.69, 9.17) is 14.2 Å². The van der Waals surface area contributed by atoms with E-state index in [1.165, 1.54) is 20.3 Å². The summed E-state index contributed by atoms with van der Waals surface area (Å²) in [4.78, 5) is 21.2. The highest BCUT2D eigenvalue weighted by molar-refractivity contribution is 5.95. The number of phenols is 1. The van der Waals surface area contributed by atoms with Crippen LogP contribution in [0.15, 0.2) is 29.3 Å². The third kappa shape index (κ3) is 2.69. The Morgan fingerprint density at radius 1 is 1.26 bits per heavy atom. The Morgan fingerprint density at radius 3 is 2.78 bits per heavy atom. The van der Waals surface area contributed by atoms with Crippen LogP contribution in [0.3, 0.4) is 0 Å². The van der Waals surface area contributed by atoms with Gasteiger partial charge in [-0.05, 0) is 23.3 Å². The average molecular weight is 370 g/mol. The minimum atomic E-state index is -0.532. The lowest BCUT2D eigenvalue weighted by Crippen LogP contribution is -2.22. The zero-order valence-electron chi connectivity index (χ0n) is 14.9. The SMILES string of the molecule is COc1cc(C2C3=C(COC3=O)Cc3c(OC)nc(CO)nc32)ccc1O.